The largest absolute Gasteiger partial charge is 0.370 e. The number of unbranched alkanes of at least 4 members (excludes halogenated alkanes) is 1. The second-order valence-electron chi connectivity index (χ2n) is 5.75. The molecule has 0 saturated heterocycles. The molecule has 0 fully saturated rings. The molecule has 3 N–H and O–H groups in total. The normalized spacial score (nSPS) is 11.5. The lowest BCUT2D eigenvalue weighted by Gasteiger charge is -2.11. The third kappa shape index (κ3) is 4.92. The van der Waals surface area contributed by atoms with Gasteiger partial charge in [-0.05, 0) is 37.1 Å². The Kier molecular flexibility index (Phi) is 6.35. The molecule has 0 aromatic carbocycles. The topological polar surface area (TPSA) is 91.5 Å². The number of fused-ring (bicyclic) bond motifs is 1. The number of aromatic nitrogens is 4. The molecule has 0 aliphatic carbocycles. The van der Waals surface area contributed by atoms with E-state index in [-0.39, 0.29) is 0 Å². The molecule has 0 atom stereocenters. The van der Waals surface area contributed by atoms with Crippen molar-refractivity contribution < 1.29 is 0 Å². The summed E-state index contributed by atoms with van der Waals surface area (Å²) in [6.45, 7) is 2.31. The van der Waals surface area contributed by atoms with E-state index in [9.17, 15) is 0 Å². The van der Waals surface area contributed by atoms with Crippen molar-refractivity contribution in [2.45, 2.75) is 19.4 Å². The molecule has 136 valence electrons. The Morgan fingerprint density at radius 2 is 1.92 bits per heavy atom. The van der Waals surface area contributed by atoms with Gasteiger partial charge in [0, 0.05) is 32.5 Å². The average molecular weight is 352 g/mol. The van der Waals surface area contributed by atoms with E-state index in [0.29, 0.717) is 6.54 Å². The summed E-state index contributed by atoms with van der Waals surface area (Å²) >= 11 is 0. The summed E-state index contributed by atoms with van der Waals surface area (Å²) in [5, 5.41) is 18.2. The maximum atomic E-state index is 4.24. The first-order valence-corrected chi connectivity index (χ1v) is 8.75. The van der Waals surface area contributed by atoms with Gasteiger partial charge in [-0.25, -0.2) is 4.98 Å². The number of guanidine groups is 1. The molecule has 3 rings (SSSR count). The number of aliphatic imine (C=N–C) groups is 1. The molecule has 0 spiro atoms. The number of nitrogens with one attached hydrogen (secondary N) is 3. The highest BCUT2D eigenvalue weighted by Crippen LogP contribution is 2.02. The van der Waals surface area contributed by atoms with E-state index < -0.39 is 0 Å². The van der Waals surface area contributed by atoms with Crippen LogP contribution in [0.2, 0.25) is 0 Å². The smallest absolute Gasteiger partial charge is 0.191 e. The summed E-state index contributed by atoms with van der Waals surface area (Å²) in [7, 11) is 1.76. The third-order valence-corrected chi connectivity index (χ3v) is 3.89. The van der Waals surface area contributed by atoms with Crippen LogP contribution in [0.4, 0.5) is 5.82 Å². The van der Waals surface area contributed by atoms with Crippen LogP contribution in [-0.2, 0) is 6.54 Å². The van der Waals surface area contributed by atoms with Gasteiger partial charge >= 0.3 is 0 Å². The zero-order chi connectivity index (χ0) is 18.0. The van der Waals surface area contributed by atoms with Crippen LogP contribution >= 0.6 is 0 Å². The minimum atomic E-state index is 0.562. The van der Waals surface area contributed by atoms with Crippen LogP contribution in [0.3, 0.4) is 0 Å². The highest BCUT2D eigenvalue weighted by atomic mass is 15.3. The van der Waals surface area contributed by atoms with Gasteiger partial charge in [-0.2, -0.15) is 0 Å². The fourth-order valence-corrected chi connectivity index (χ4v) is 2.54. The van der Waals surface area contributed by atoms with Crippen LogP contribution in [-0.4, -0.2) is 45.7 Å². The number of hydrogen-bond donors (Lipinski definition) is 3. The Morgan fingerprint density at radius 3 is 2.77 bits per heavy atom. The predicted molar refractivity (Wildman–Crippen MR) is 103 cm³/mol. The minimum Gasteiger partial charge on any atom is -0.370 e. The Labute approximate surface area is 152 Å². The average Bonchev–Trinajstić information content (AvgIpc) is 3.11. The molecule has 0 unspecified atom stereocenters. The van der Waals surface area contributed by atoms with Gasteiger partial charge in [-0.1, -0.05) is 12.1 Å². The van der Waals surface area contributed by atoms with E-state index in [1.54, 1.807) is 13.2 Å². The molecule has 8 nitrogen and oxygen atoms in total. The maximum absolute atomic E-state index is 4.24. The summed E-state index contributed by atoms with van der Waals surface area (Å²) in [6, 6.07) is 11.7. The Morgan fingerprint density at radius 1 is 1.04 bits per heavy atom. The van der Waals surface area contributed by atoms with Gasteiger partial charge in [-0.15, -0.1) is 10.2 Å². The first kappa shape index (κ1) is 17.7. The van der Waals surface area contributed by atoms with Crippen molar-refractivity contribution >= 4 is 17.4 Å². The molecular formula is C18H24N8. The van der Waals surface area contributed by atoms with Gasteiger partial charge in [0.1, 0.15) is 5.82 Å². The van der Waals surface area contributed by atoms with Crippen molar-refractivity contribution in [3.63, 3.8) is 0 Å². The van der Waals surface area contributed by atoms with Crippen LogP contribution in [0, 0.1) is 0 Å². The second-order valence-corrected chi connectivity index (χ2v) is 5.75. The van der Waals surface area contributed by atoms with Crippen molar-refractivity contribution in [2.24, 2.45) is 4.99 Å². The van der Waals surface area contributed by atoms with Gasteiger partial charge in [0.25, 0.3) is 0 Å². The van der Waals surface area contributed by atoms with Crippen molar-refractivity contribution in [2.75, 3.05) is 25.5 Å². The van der Waals surface area contributed by atoms with Crippen LogP contribution in [0.1, 0.15) is 18.7 Å². The number of anilines is 1. The number of pyridine rings is 2. The van der Waals surface area contributed by atoms with Crippen LogP contribution in [0.15, 0.2) is 53.8 Å². The molecule has 3 aromatic heterocycles. The molecule has 0 radical (unpaired) electrons. The quantitative estimate of drug-likeness (QED) is 0.325. The molecule has 3 heterocycles. The minimum absolute atomic E-state index is 0.562. The molecule has 26 heavy (non-hydrogen) atoms. The Hall–Kier alpha value is -3.16. The number of nitrogens with zero attached hydrogens (tertiary/aromatic N) is 5. The van der Waals surface area contributed by atoms with E-state index in [2.05, 4.69) is 36.1 Å². The van der Waals surface area contributed by atoms with E-state index in [1.165, 1.54) is 0 Å². The van der Waals surface area contributed by atoms with Crippen LogP contribution in [0.25, 0.3) is 5.65 Å². The van der Waals surface area contributed by atoms with E-state index in [4.69, 9.17) is 0 Å². The number of hydrogen-bond acceptors (Lipinski definition) is 5. The summed E-state index contributed by atoms with van der Waals surface area (Å²) in [5.74, 6) is 2.52. The summed E-state index contributed by atoms with van der Waals surface area (Å²) in [5.41, 5.74) is 0.840. The summed E-state index contributed by atoms with van der Waals surface area (Å²) in [4.78, 5) is 8.48. The highest BCUT2D eigenvalue weighted by molar-refractivity contribution is 5.79. The van der Waals surface area contributed by atoms with E-state index in [1.807, 2.05) is 47.0 Å². The third-order valence-electron chi connectivity index (χ3n) is 3.89. The standard InChI is InChI=1S/C18H24N8/c1-19-18(22-12-6-5-11-21-15-8-2-4-10-20-15)23-14-17-25-24-16-9-3-7-13-26(16)17/h2-4,7-10,13H,5-6,11-12,14H2,1H3,(H,20,21)(H2,19,22,23). The van der Waals surface area contributed by atoms with Crippen molar-refractivity contribution in [1.82, 2.24) is 30.2 Å². The molecule has 0 bridgehead atoms. The summed E-state index contributed by atoms with van der Waals surface area (Å²) < 4.78 is 1.96. The molecule has 0 amide bonds. The Balaban J connectivity index is 1.34. The van der Waals surface area contributed by atoms with Crippen LogP contribution < -0.4 is 16.0 Å². The summed E-state index contributed by atoms with van der Waals surface area (Å²) in [6.07, 6.45) is 5.83. The fourth-order valence-electron chi connectivity index (χ4n) is 2.54. The lowest BCUT2D eigenvalue weighted by atomic mass is 10.3. The van der Waals surface area contributed by atoms with Crippen molar-refractivity contribution in [3.05, 3.63) is 54.6 Å². The zero-order valence-electron chi connectivity index (χ0n) is 14.9. The zero-order valence-corrected chi connectivity index (χ0v) is 14.9. The van der Waals surface area contributed by atoms with Crippen LogP contribution in [0.5, 0.6) is 0 Å². The second kappa shape index (κ2) is 9.36. The number of rotatable bonds is 8. The SMILES string of the molecule is CN=C(NCCCCNc1ccccn1)NCc1nnc2ccccn12. The van der Waals surface area contributed by atoms with E-state index in [0.717, 1.165) is 49.2 Å². The Bertz CT molecular complexity index is 827. The molecule has 0 aliphatic heterocycles. The van der Waals surface area contributed by atoms with Gasteiger partial charge in [0.15, 0.2) is 17.4 Å². The lowest BCUT2D eigenvalue weighted by molar-refractivity contribution is 0.703. The first-order chi connectivity index (χ1) is 12.9. The monoisotopic (exact) mass is 352 g/mol. The van der Waals surface area contributed by atoms with Gasteiger partial charge < -0.3 is 16.0 Å². The van der Waals surface area contributed by atoms with Gasteiger partial charge in [0.2, 0.25) is 0 Å². The molecule has 0 aliphatic rings. The van der Waals surface area contributed by atoms with Gasteiger partial charge in [-0.3, -0.25) is 9.39 Å². The maximum Gasteiger partial charge on any atom is 0.191 e. The predicted octanol–water partition coefficient (Wildman–Crippen LogP) is 1.68. The fraction of sp³-hybridized carbons (Fsp3) is 0.333. The molecule has 0 saturated carbocycles. The first-order valence-electron chi connectivity index (χ1n) is 8.75. The van der Waals surface area contributed by atoms with E-state index >= 15 is 0 Å². The molecule has 8 heteroatoms. The molecular weight excluding hydrogens is 328 g/mol. The molecule has 3 aromatic rings. The highest BCUT2D eigenvalue weighted by Gasteiger charge is 2.05. The van der Waals surface area contributed by atoms with Crippen molar-refractivity contribution in [1.29, 1.82) is 0 Å². The van der Waals surface area contributed by atoms with Crippen molar-refractivity contribution in [3.8, 4) is 0 Å². The van der Waals surface area contributed by atoms with Gasteiger partial charge in [0.05, 0.1) is 6.54 Å². The lowest BCUT2D eigenvalue weighted by Crippen LogP contribution is -2.37.